The maximum atomic E-state index is 12.8. The normalized spacial score (nSPS) is 17.6. The van der Waals surface area contributed by atoms with E-state index >= 15 is 0 Å². The van der Waals surface area contributed by atoms with Crippen molar-refractivity contribution in [1.82, 2.24) is 14.5 Å². The van der Waals surface area contributed by atoms with Crippen molar-refractivity contribution in [3.8, 4) is 0 Å². The molecule has 3 aromatic rings. The Bertz CT molecular complexity index is 1010. The number of morpholine rings is 1. The van der Waals surface area contributed by atoms with Gasteiger partial charge in [-0.3, -0.25) is 14.3 Å². The molecule has 3 heterocycles. The van der Waals surface area contributed by atoms with E-state index in [4.69, 9.17) is 9.15 Å². The minimum atomic E-state index is -0.519. The zero-order valence-electron chi connectivity index (χ0n) is 14.4. The van der Waals surface area contributed by atoms with Crippen LogP contribution in [0.2, 0.25) is 0 Å². The SMILES string of the molecule is Cc1cc([C@H]2CN(C(=O)Cn3c(=O)oc4ccccc43)CCO2)ccn1. The molecule has 0 bridgehead atoms. The molecule has 0 saturated carbocycles. The van der Waals surface area contributed by atoms with Gasteiger partial charge >= 0.3 is 5.76 Å². The minimum absolute atomic E-state index is 0.0437. The Kier molecular flexibility index (Phi) is 4.30. The van der Waals surface area contributed by atoms with E-state index in [-0.39, 0.29) is 18.6 Å². The van der Waals surface area contributed by atoms with Gasteiger partial charge in [-0.1, -0.05) is 12.1 Å². The Morgan fingerprint density at radius 2 is 2.15 bits per heavy atom. The number of rotatable bonds is 3. The van der Waals surface area contributed by atoms with Crippen LogP contribution < -0.4 is 5.76 Å². The first-order chi connectivity index (χ1) is 12.6. The summed E-state index contributed by atoms with van der Waals surface area (Å²) < 4.78 is 12.4. The fourth-order valence-electron chi connectivity index (χ4n) is 3.24. The number of hydrogen-bond acceptors (Lipinski definition) is 5. The maximum Gasteiger partial charge on any atom is 0.420 e. The lowest BCUT2D eigenvalue weighted by Gasteiger charge is -2.33. The van der Waals surface area contributed by atoms with Crippen LogP contribution in [0.4, 0.5) is 0 Å². The molecule has 7 heteroatoms. The van der Waals surface area contributed by atoms with E-state index in [0.29, 0.717) is 30.8 Å². The third-order valence-corrected chi connectivity index (χ3v) is 4.58. The van der Waals surface area contributed by atoms with Gasteiger partial charge in [0.25, 0.3) is 0 Å². The number of aryl methyl sites for hydroxylation is 1. The van der Waals surface area contributed by atoms with E-state index in [9.17, 15) is 9.59 Å². The molecule has 1 saturated heterocycles. The summed E-state index contributed by atoms with van der Waals surface area (Å²) in [4.78, 5) is 30.8. The minimum Gasteiger partial charge on any atom is -0.408 e. The molecule has 0 N–H and O–H groups in total. The summed E-state index contributed by atoms with van der Waals surface area (Å²) in [7, 11) is 0. The van der Waals surface area contributed by atoms with Crippen molar-refractivity contribution >= 4 is 17.0 Å². The second-order valence-corrected chi connectivity index (χ2v) is 6.35. The second kappa shape index (κ2) is 6.76. The Labute approximate surface area is 149 Å². The zero-order chi connectivity index (χ0) is 18.1. The fraction of sp³-hybridized carbons (Fsp3) is 0.316. The molecule has 1 atom stereocenters. The van der Waals surface area contributed by atoms with Gasteiger partial charge in [0.15, 0.2) is 5.58 Å². The monoisotopic (exact) mass is 353 g/mol. The number of amides is 1. The van der Waals surface area contributed by atoms with Crippen LogP contribution in [0, 0.1) is 6.92 Å². The summed E-state index contributed by atoms with van der Waals surface area (Å²) in [5.74, 6) is -0.646. The fourth-order valence-corrected chi connectivity index (χ4v) is 3.24. The standard InChI is InChI=1S/C19H19N3O4/c1-13-10-14(6-7-20-13)17-11-21(8-9-25-17)18(23)12-22-15-4-2-3-5-16(15)26-19(22)24/h2-7,10,17H,8-9,11-12H2,1H3/t17-/m1/s1. The number of fused-ring (bicyclic) bond motifs is 1. The number of para-hydroxylation sites is 2. The predicted molar refractivity (Wildman–Crippen MR) is 94.7 cm³/mol. The van der Waals surface area contributed by atoms with Crippen molar-refractivity contribution in [2.24, 2.45) is 0 Å². The maximum absolute atomic E-state index is 12.8. The summed E-state index contributed by atoms with van der Waals surface area (Å²) in [5.41, 5.74) is 3.02. The average Bonchev–Trinajstić information content (AvgIpc) is 2.97. The zero-order valence-corrected chi connectivity index (χ0v) is 14.4. The van der Waals surface area contributed by atoms with E-state index in [1.54, 1.807) is 29.3 Å². The highest BCUT2D eigenvalue weighted by atomic mass is 16.5. The molecule has 1 aliphatic rings. The van der Waals surface area contributed by atoms with E-state index in [0.717, 1.165) is 11.3 Å². The number of ether oxygens (including phenoxy) is 1. The molecule has 134 valence electrons. The molecule has 7 nitrogen and oxygen atoms in total. The van der Waals surface area contributed by atoms with Gasteiger partial charge in [-0.05, 0) is 36.8 Å². The Morgan fingerprint density at radius 1 is 1.31 bits per heavy atom. The number of nitrogens with zero attached hydrogens (tertiary/aromatic N) is 3. The third kappa shape index (κ3) is 3.13. The molecule has 1 aromatic carbocycles. The van der Waals surface area contributed by atoms with Crippen molar-refractivity contribution < 1.29 is 13.9 Å². The van der Waals surface area contributed by atoms with Crippen molar-refractivity contribution in [1.29, 1.82) is 0 Å². The molecule has 1 aliphatic heterocycles. The van der Waals surface area contributed by atoms with Crippen LogP contribution in [0.15, 0.2) is 51.8 Å². The number of aromatic nitrogens is 2. The second-order valence-electron chi connectivity index (χ2n) is 6.35. The first-order valence-corrected chi connectivity index (χ1v) is 8.52. The lowest BCUT2D eigenvalue weighted by Crippen LogP contribution is -2.44. The van der Waals surface area contributed by atoms with Crippen LogP contribution in [0.5, 0.6) is 0 Å². The highest BCUT2D eigenvalue weighted by Crippen LogP contribution is 2.23. The Balaban J connectivity index is 1.52. The number of benzene rings is 1. The quantitative estimate of drug-likeness (QED) is 0.719. The topological polar surface area (TPSA) is 77.6 Å². The summed E-state index contributed by atoms with van der Waals surface area (Å²) in [6.45, 7) is 3.29. The highest BCUT2D eigenvalue weighted by molar-refractivity contribution is 5.79. The number of hydrogen-bond donors (Lipinski definition) is 0. The molecule has 1 amide bonds. The smallest absolute Gasteiger partial charge is 0.408 e. The van der Waals surface area contributed by atoms with Crippen LogP contribution in [0.3, 0.4) is 0 Å². The van der Waals surface area contributed by atoms with E-state index in [2.05, 4.69) is 4.98 Å². The van der Waals surface area contributed by atoms with Crippen molar-refractivity contribution in [3.05, 3.63) is 64.4 Å². The van der Waals surface area contributed by atoms with Crippen LogP contribution in [0.1, 0.15) is 17.4 Å². The molecule has 0 radical (unpaired) electrons. The summed E-state index contributed by atoms with van der Waals surface area (Å²) in [6.07, 6.45) is 1.55. The van der Waals surface area contributed by atoms with Crippen LogP contribution in [-0.4, -0.2) is 40.1 Å². The van der Waals surface area contributed by atoms with Crippen LogP contribution >= 0.6 is 0 Å². The molecule has 26 heavy (non-hydrogen) atoms. The van der Waals surface area contributed by atoms with Gasteiger partial charge in [0.2, 0.25) is 5.91 Å². The average molecular weight is 353 g/mol. The lowest BCUT2D eigenvalue weighted by atomic mass is 10.1. The van der Waals surface area contributed by atoms with Gasteiger partial charge in [-0.15, -0.1) is 0 Å². The van der Waals surface area contributed by atoms with Gasteiger partial charge in [0, 0.05) is 18.4 Å². The summed E-state index contributed by atoms with van der Waals surface area (Å²) in [6, 6.07) is 11.0. The van der Waals surface area contributed by atoms with Gasteiger partial charge in [-0.2, -0.15) is 0 Å². The number of carbonyl (C=O) groups is 1. The highest BCUT2D eigenvalue weighted by Gasteiger charge is 2.26. The molecule has 4 rings (SSSR count). The van der Waals surface area contributed by atoms with Gasteiger partial charge in [-0.25, -0.2) is 4.79 Å². The van der Waals surface area contributed by atoms with Gasteiger partial charge in [0.05, 0.1) is 18.7 Å². The molecule has 0 spiro atoms. The first-order valence-electron chi connectivity index (χ1n) is 8.52. The van der Waals surface area contributed by atoms with Gasteiger partial charge < -0.3 is 14.1 Å². The largest absolute Gasteiger partial charge is 0.420 e. The van der Waals surface area contributed by atoms with E-state index in [1.165, 1.54) is 4.57 Å². The number of oxazole rings is 1. The van der Waals surface area contributed by atoms with Crippen molar-refractivity contribution in [2.45, 2.75) is 19.6 Å². The van der Waals surface area contributed by atoms with Crippen molar-refractivity contribution in [3.63, 3.8) is 0 Å². The first kappa shape index (κ1) is 16.5. The lowest BCUT2D eigenvalue weighted by molar-refractivity contribution is -0.139. The summed E-state index contributed by atoms with van der Waals surface area (Å²) in [5, 5.41) is 0. The summed E-state index contributed by atoms with van der Waals surface area (Å²) >= 11 is 0. The van der Waals surface area contributed by atoms with Gasteiger partial charge in [0.1, 0.15) is 12.6 Å². The molecule has 1 fully saturated rings. The number of carbonyl (C=O) groups excluding carboxylic acids is 1. The van der Waals surface area contributed by atoms with Crippen LogP contribution in [-0.2, 0) is 16.1 Å². The molecule has 0 aliphatic carbocycles. The Morgan fingerprint density at radius 3 is 3.00 bits per heavy atom. The molecule has 0 unspecified atom stereocenters. The molecular weight excluding hydrogens is 334 g/mol. The third-order valence-electron chi connectivity index (χ3n) is 4.58. The van der Waals surface area contributed by atoms with E-state index in [1.807, 2.05) is 25.1 Å². The molecular formula is C19H19N3O4. The number of pyridine rings is 1. The molecule has 2 aromatic heterocycles. The van der Waals surface area contributed by atoms with Crippen LogP contribution in [0.25, 0.3) is 11.1 Å². The Hall–Kier alpha value is -2.93. The predicted octanol–water partition coefficient (Wildman–Crippen LogP) is 1.90. The van der Waals surface area contributed by atoms with Crippen molar-refractivity contribution in [2.75, 3.05) is 19.7 Å². The van der Waals surface area contributed by atoms with E-state index < -0.39 is 5.76 Å².